The van der Waals surface area contributed by atoms with E-state index >= 15 is 0 Å². The molecule has 0 aliphatic heterocycles. The number of esters is 1. The predicted octanol–water partition coefficient (Wildman–Crippen LogP) is 3.79. The molecule has 0 bridgehead atoms. The molecule has 2 heteroatoms. The van der Waals surface area contributed by atoms with E-state index < -0.39 is 0 Å². The van der Waals surface area contributed by atoms with Gasteiger partial charge < -0.3 is 4.74 Å². The molecule has 0 aliphatic carbocycles. The quantitative estimate of drug-likeness (QED) is 0.637. The molecule has 0 saturated heterocycles. The molecule has 0 unspecified atom stereocenters. The average Bonchev–Trinajstić information content (AvgIpc) is 2.05. The molecule has 0 spiro atoms. The van der Waals surface area contributed by atoms with Crippen molar-refractivity contribution >= 4 is 5.97 Å². The summed E-state index contributed by atoms with van der Waals surface area (Å²) in [5.74, 6) is -0.113. The van der Waals surface area contributed by atoms with Crippen LogP contribution in [0, 0.1) is 5.41 Å². The third kappa shape index (κ3) is 6.93. The summed E-state index contributed by atoms with van der Waals surface area (Å²) >= 11 is 0. The number of carbonyl (C=O) groups excluding carboxylic acids is 1. The second kappa shape index (κ2) is 6.05. The van der Waals surface area contributed by atoms with E-state index in [1.807, 2.05) is 55.4 Å². The van der Waals surface area contributed by atoms with Crippen LogP contribution >= 0.6 is 0 Å². The fraction of sp³-hybridized carbons (Fsp3) is 0.917. The molecule has 86 valence electrons. The van der Waals surface area contributed by atoms with Gasteiger partial charge in [-0.25, -0.2) is 0 Å². The van der Waals surface area contributed by atoms with Gasteiger partial charge >= 0.3 is 5.97 Å². The minimum atomic E-state index is -0.372. The fourth-order valence-electron chi connectivity index (χ4n) is 0.561. The molecule has 0 heterocycles. The minimum Gasteiger partial charge on any atom is -0.460 e. The minimum absolute atomic E-state index is 0.113. The Balaban J connectivity index is 0. The lowest BCUT2D eigenvalue weighted by Gasteiger charge is -2.27. The maximum atomic E-state index is 11.5. The Labute approximate surface area is 89.0 Å². The molecule has 0 amide bonds. The van der Waals surface area contributed by atoms with Crippen LogP contribution in [0.5, 0.6) is 0 Å². The summed E-state index contributed by atoms with van der Waals surface area (Å²) in [6.45, 7) is 15.5. The number of rotatable bonds is 2. The summed E-state index contributed by atoms with van der Waals surface area (Å²) in [5.41, 5.74) is -0.725. The highest BCUT2D eigenvalue weighted by Gasteiger charge is 2.30. The maximum Gasteiger partial charge on any atom is 0.312 e. The first-order valence-electron chi connectivity index (χ1n) is 5.42. The average molecular weight is 202 g/mol. The normalized spacial score (nSPS) is 11.4. The predicted molar refractivity (Wildman–Crippen MR) is 61.3 cm³/mol. The van der Waals surface area contributed by atoms with E-state index in [0.717, 1.165) is 6.42 Å². The van der Waals surface area contributed by atoms with Crippen LogP contribution in [0.2, 0.25) is 0 Å². The van der Waals surface area contributed by atoms with Crippen LogP contribution in [-0.2, 0) is 9.53 Å². The summed E-state index contributed by atoms with van der Waals surface area (Å²) < 4.78 is 5.25. The summed E-state index contributed by atoms with van der Waals surface area (Å²) in [7, 11) is 0. The summed E-state index contributed by atoms with van der Waals surface area (Å²) in [6, 6.07) is 0. The van der Waals surface area contributed by atoms with Crippen molar-refractivity contribution in [2.24, 2.45) is 5.41 Å². The van der Waals surface area contributed by atoms with E-state index in [1.54, 1.807) is 0 Å². The monoisotopic (exact) mass is 202 g/mol. The Morgan fingerprint density at radius 1 is 1.07 bits per heavy atom. The van der Waals surface area contributed by atoms with Gasteiger partial charge in [0.15, 0.2) is 0 Å². The van der Waals surface area contributed by atoms with E-state index in [1.165, 1.54) is 0 Å². The zero-order valence-electron chi connectivity index (χ0n) is 11.0. The maximum absolute atomic E-state index is 11.5. The summed E-state index contributed by atoms with van der Waals surface area (Å²) in [6.07, 6.45) is 0.807. The Bertz CT molecular complexity index is 164. The smallest absolute Gasteiger partial charge is 0.312 e. The number of carbonyl (C=O) groups is 1. The standard InChI is InChI=1S/C10H20O2.C2H6/c1-7-10(5,6)8(11)12-9(2,3)4;1-2/h7H2,1-6H3;1-2H3. The van der Waals surface area contributed by atoms with Crippen LogP contribution in [0.25, 0.3) is 0 Å². The Hall–Kier alpha value is -0.530. The SMILES string of the molecule is CC.CCC(C)(C)C(=O)OC(C)(C)C. The molecule has 0 atom stereocenters. The van der Waals surface area contributed by atoms with Crippen LogP contribution in [0.3, 0.4) is 0 Å². The molecule has 0 rings (SSSR count). The lowest BCUT2D eigenvalue weighted by Crippen LogP contribution is -2.33. The Morgan fingerprint density at radius 2 is 1.43 bits per heavy atom. The molecule has 14 heavy (non-hydrogen) atoms. The van der Waals surface area contributed by atoms with Gasteiger partial charge in [0.2, 0.25) is 0 Å². The van der Waals surface area contributed by atoms with Gasteiger partial charge in [0.25, 0.3) is 0 Å². The van der Waals surface area contributed by atoms with Crippen molar-refractivity contribution in [1.82, 2.24) is 0 Å². The lowest BCUT2D eigenvalue weighted by molar-refractivity contribution is -0.165. The van der Waals surface area contributed by atoms with Crippen LogP contribution < -0.4 is 0 Å². The van der Waals surface area contributed by atoms with Gasteiger partial charge in [-0.3, -0.25) is 4.79 Å². The topological polar surface area (TPSA) is 26.3 Å². The molecule has 0 saturated carbocycles. The zero-order valence-corrected chi connectivity index (χ0v) is 11.0. The first-order chi connectivity index (χ1) is 6.19. The van der Waals surface area contributed by atoms with Crippen LogP contribution in [-0.4, -0.2) is 11.6 Å². The summed E-state index contributed by atoms with van der Waals surface area (Å²) in [5, 5.41) is 0. The van der Waals surface area contributed by atoms with Crippen molar-refractivity contribution in [3.8, 4) is 0 Å². The Kier molecular flexibility index (Phi) is 6.88. The van der Waals surface area contributed by atoms with Crippen LogP contribution in [0.4, 0.5) is 0 Å². The molecular formula is C12H26O2. The van der Waals surface area contributed by atoms with Crippen molar-refractivity contribution in [2.45, 2.75) is 67.4 Å². The second-order valence-corrected chi connectivity index (χ2v) is 4.74. The third-order valence-corrected chi connectivity index (χ3v) is 1.84. The van der Waals surface area contributed by atoms with Crippen molar-refractivity contribution < 1.29 is 9.53 Å². The highest BCUT2D eigenvalue weighted by molar-refractivity contribution is 5.76. The van der Waals surface area contributed by atoms with Gasteiger partial charge in [0.1, 0.15) is 5.60 Å². The summed E-state index contributed by atoms with van der Waals surface area (Å²) in [4.78, 5) is 11.5. The molecule has 0 fully saturated rings. The van der Waals surface area contributed by atoms with Gasteiger partial charge in [0, 0.05) is 0 Å². The van der Waals surface area contributed by atoms with Gasteiger partial charge in [-0.05, 0) is 41.0 Å². The molecule has 0 radical (unpaired) electrons. The van der Waals surface area contributed by atoms with Gasteiger partial charge in [-0.1, -0.05) is 20.8 Å². The van der Waals surface area contributed by atoms with Crippen LogP contribution in [0.1, 0.15) is 61.8 Å². The molecule has 0 aromatic rings. The van der Waals surface area contributed by atoms with E-state index in [4.69, 9.17) is 4.74 Å². The molecule has 0 aliphatic rings. The number of hydrogen-bond donors (Lipinski definition) is 0. The molecule has 2 nitrogen and oxygen atoms in total. The van der Waals surface area contributed by atoms with Crippen molar-refractivity contribution in [3.63, 3.8) is 0 Å². The molecule has 0 N–H and O–H groups in total. The second-order valence-electron chi connectivity index (χ2n) is 4.74. The van der Waals surface area contributed by atoms with E-state index in [9.17, 15) is 4.79 Å². The van der Waals surface area contributed by atoms with E-state index in [2.05, 4.69) is 0 Å². The number of hydrogen-bond acceptors (Lipinski definition) is 2. The third-order valence-electron chi connectivity index (χ3n) is 1.84. The first-order valence-corrected chi connectivity index (χ1v) is 5.42. The molecular weight excluding hydrogens is 176 g/mol. The highest BCUT2D eigenvalue weighted by atomic mass is 16.6. The fourth-order valence-corrected chi connectivity index (χ4v) is 0.561. The van der Waals surface area contributed by atoms with Crippen molar-refractivity contribution in [1.29, 1.82) is 0 Å². The van der Waals surface area contributed by atoms with Crippen molar-refractivity contribution in [2.75, 3.05) is 0 Å². The first kappa shape index (κ1) is 15.9. The largest absolute Gasteiger partial charge is 0.460 e. The van der Waals surface area contributed by atoms with Gasteiger partial charge in [-0.15, -0.1) is 0 Å². The lowest BCUT2D eigenvalue weighted by atomic mass is 9.90. The van der Waals surface area contributed by atoms with E-state index in [-0.39, 0.29) is 17.0 Å². The van der Waals surface area contributed by atoms with E-state index in [0.29, 0.717) is 0 Å². The van der Waals surface area contributed by atoms with Gasteiger partial charge in [-0.2, -0.15) is 0 Å². The van der Waals surface area contributed by atoms with Crippen molar-refractivity contribution in [3.05, 3.63) is 0 Å². The zero-order chi connectivity index (χ0) is 12.0. The highest BCUT2D eigenvalue weighted by Crippen LogP contribution is 2.24. The van der Waals surface area contributed by atoms with Gasteiger partial charge in [0.05, 0.1) is 5.41 Å². The van der Waals surface area contributed by atoms with Crippen LogP contribution in [0.15, 0.2) is 0 Å². The Morgan fingerprint density at radius 3 is 1.64 bits per heavy atom. The molecule has 0 aromatic carbocycles. The molecule has 0 aromatic heterocycles. The number of ether oxygens (including phenoxy) is 1.